The molecule has 0 fully saturated rings. The van der Waals surface area contributed by atoms with Crippen LogP contribution < -0.4 is 11.1 Å². The molecule has 1 aromatic carbocycles. The quantitative estimate of drug-likeness (QED) is 0.490. The molecule has 18 heavy (non-hydrogen) atoms. The highest BCUT2D eigenvalue weighted by atomic mass is 127. The molecular formula is C12H14FIN4. The number of nitrogens with two attached hydrogens (primary N) is 1. The highest BCUT2D eigenvalue weighted by molar-refractivity contribution is 14.1. The number of hydrogen-bond donors (Lipinski definition) is 2. The molecule has 6 heteroatoms. The number of nitrogens with one attached hydrogen (secondary N) is 1. The maximum atomic E-state index is 13.4. The van der Waals surface area contributed by atoms with Crippen molar-refractivity contribution in [1.29, 1.82) is 0 Å². The van der Waals surface area contributed by atoms with Gasteiger partial charge in [0.2, 0.25) is 0 Å². The van der Waals surface area contributed by atoms with Crippen LogP contribution in [0.3, 0.4) is 0 Å². The van der Waals surface area contributed by atoms with Gasteiger partial charge in [0.1, 0.15) is 5.82 Å². The maximum absolute atomic E-state index is 13.4. The molecular weight excluding hydrogens is 346 g/mol. The summed E-state index contributed by atoms with van der Waals surface area (Å²) in [5.74, 6) is -0.248. The summed E-state index contributed by atoms with van der Waals surface area (Å²) in [6.45, 7) is 1.61. The summed E-state index contributed by atoms with van der Waals surface area (Å²) in [4.78, 5) is 3.97. The van der Waals surface area contributed by atoms with Crippen LogP contribution in [0.4, 0.5) is 15.8 Å². The molecule has 2 aromatic rings. The zero-order valence-corrected chi connectivity index (χ0v) is 11.9. The molecule has 3 N–H and O–H groups in total. The van der Waals surface area contributed by atoms with E-state index in [0.29, 0.717) is 14.9 Å². The Morgan fingerprint density at radius 1 is 1.44 bits per heavy atom. The van der Waals surface area contributed by atoms with Crippen LogP contribution >= 0.6 is 22.6 Å². The average Bonchev–Trinajstić information content (AvgIpc) is 2.84. The molecule has 0 radical (unpaired) electrons. The first-order valence-electron chi connectivity index (χ1n) is 5.61. The Labute approximate surface area is 119 Å². The molecule has 0 amide bonds. The Hall–Kier alpha value is -1.31. The van der Waals surface area contributed by atoms with Gasteiger partial charge in [-0.15, -0.1) is 0 Å². The van der Waals surface area contributed by atoms with E-state index in [1.165, 1.54) is 6.07 Å². The molecule has 0 unspecified atom stereocenters. The predicted octanol–water partition coefficient (Wildman–Crippen LogP) is 2.71. The second kappa shape index (κ2) is 6.03. The number of hydrogen-bond acceptors (Lipinski definition) is 3. The molecule has 0 aliphatic heterocycles. The number of imidazole rings is 1. The number of aromatic nitrogens is 2. The van der Waals surface area contributed by atoms with Gasteiger partial charge in [0.05, 0.1) is 21.3 Å². The number of anilines is 2. The summed E-state index contributed by atoms with van der Waals surface area (Å²) in [6.07, 6.45) is 6.36. The van der Waals surface area contributed by atoms with Gasteiger partial charge < -0.3 is 15.6 Å². The predicted molar refractivity (Wildman–Crippen MR) is 78.9 cm³/mol. The zero-order chi connectivity index (χ0) is 13.0. The van der Waals surface area contributed by atoms with Gasteiger partial charge in [-0.2, -0.15) is 0 Å². The molecule has 0 aliphatic carbocycles. The molecule has 96 valence electrons. The van der Waals surface area contributed by atoms with Gasteiger partial charge in [-0.1, -0.05) is 0 Å². The number of nitrogen functional groups attached to an aromatic ring is 1. The number of benzene rings is 1. The van der Waals surface area contributed by atoms with E-state index in [2.05, 4.69) is 10.3 Å². The third-order valence-electron chi connectivity index (χ3n) is 2.56. The summed E-state index contributed by atoms with van der Waals surface area (Å²) < 4.78 is 15.9. The first-order chi connectivity index (χ1) is 8.66. The van der Waals surface area contributed by atoms with Gasteiger partial charge in [0, 0.05) is 31.5 Å². The zero-order valence-electron chi connectivity index (χ0n) is 9.74. The van der Waals surface area contributed by atoms with Gasteiger partial charge in [-0.3, -0.25) is 0 Å². The standard InChI is InChI=1S/C12H14FIN4/c13-9-6-12(11(15)7-10(9)14)17-2-1-4-18-5-3-16-8-18/h3,5-8,17H,1-2,4,15H2. The average molecular weight is 360 g/mol. The van der Waals surface area contributed by atoms with E-state index >= 15 is 0 Å². The summed E-state index contributed by atoms with van der Waals surface area (Å²) in [7, 11) is 0. The smallest absolute Gasteiger partial charge is 0.138 e. The van der Waals surface area contributed by atoms with Crippen LogP contribution in [-0.2, 0) is 6.54 Å². The molecule has 4 nitrogen and oxygen atoms in total. The van der Waals surface area contributed by atoms with Crippen molar-refractivity contribution in [3.8, 4) is 0 Å². The largest absolute Gasteiger partial charge is 0.397 e. The van der Waals surface area contributed by atoms with Crippen molar-refractivity contribution in [1.82, 2.24) is 9.55 Å². The van der Waals surface area contributed by atoms with Crippen LogP contribution in [0.2, 0.25) is 0 Å². The molecule has 0 bridgehead atoms. The summed E-state index contributed by atoms with van der Waals surface area (Å²) >= 11 is 1.93. The Morgan fingerprint density at radius 3 is 3.00 bits per heavy atom. The molecule has 0 spiro atoms. The topological polar surface area (TPSA) is 55.9 Å². The fourth-order valence-corrected chi connectivity index (χ4v) is 2.11. The van der Waals surface area contributed by atoms with Crippen molar-refractivity contribution in [2.45, 2.75) is 13.0 Å². The van der Waals surface area contributed by atoms with Gasteiger partial charge in [-0.25, -0.2) is 9.37 Å². The van der Waals surface area contributed by atoms with Crippen molar-refractivity contribution in [2.24, 2.45) is 0 Å². The van der Waals surface area contributed by atoms with Gasteiger partial charge in [0.15, 0.2) is 0 Å². The number of rotatable bonds is 5. The lowest BCUT2D eigenvalue weighted by molar-refractivity contribution is 0.620. The van der Waals surface area contributed by atoms with Gasteiger partial charge >= 0.3 is 0 Å². The van der Waals surface area contributed by atoms with Crippen molar-refractivity contribution < 1.29 is 4.39 Å². The van der Waals surface area contributed by atoms with Gasteiger partial charge in [0.25, 0.3) is 0 Å². The van der Waals surface area contributed by atoms with Crippen LogP contribution in [0.15, 0.2) is 30.9 Å². The highest BCUT2D eigenvalue weighted by Gasteiger charge is 2.05. The van der Waals surface area contributed by atoms with Crippen molar-refractivity contribution in [2.75, 3.05) is 17.6 Å². The normalized spacial score (nSPS) is 10.6. The first kappa shape index (κ1) is 13.1. The molecule has 0 saturated carbocycles. The lowest BCUT2D eigenvalue weighted by atomic mass is 10.2. The van der Waals surface area contributed by atoms with E-state index in [9.17, 15) is 4.39 Å². The Balaban J connectivity index is 1.85. The Bertz CT molecular complexity index is 513. The third-order valence-corrected chi connectivity index (χ3v) is 3.39. The fraction of sp³-hybridized carbons (Fsp3) is 0.250. The summed E-state index contributed by atoms with van der Waals surface area (Å²) in [5, 5.41) is 3.14. The number of aryl methyl sites for hydroxylation is 1. The molecule has 1 heterocycles. The van der Waals surface area contributed by atoms with Crippen LogP contribution in [0.5, 0.6) is 0 Å². The SMILES string of the molecule is Nc1cc(I)c(F)cc1NCCCn1ccnc1. The molecule has 0 saturated heterocycles. The minimum atomic E-state index is -0.248. The van der Waals surface area contributed by atoms with Crippen molar-refractivity contribution >= 4 is 34.0 Å². The van der Waals surface area contributed by atoms with E-state index in [1.54, 1.807) is 18.6 Å². The van der Waals surface area contributed by atoms with E-state index in [0.717, 1.165) is 19.5 Å². The fourth-order valence-electron chi connectivity index (χ4n) is 1.62. The summed E-state index contributed by atoms with van der Waals surface area (Å²) in [6, 6.07) is 3.07. The summed E-state index contributed by atoms with van der Waals surface area (Å²) in [5.41, 5.74) is 7.04. The molecule has 2 rings (SSSR count). The minimum Gasteiger partial charge on any atom is -0.397 e. The van der Waals surface area contributed by atoms with Crippen LogP contribution in [0.1, 0.15) is 6.42 Å². The van der Waals surface area contributed by atoms with Crippen molar-refractivity contribution in [3.05, 3.63) is 40.2 Å². The Kier molecular flexibility index (Phi) is 4.40. The lowest BCUT2D eigenvalue weighted by Gasteiger charge is -2.10. The van der Waals surface area contributed by atoms with Crippen LogP contribution in [-0.4, -0.2) is 16.1 Å². The highest BCUT2D eigenvalue weighted by Crippen LogP contribution is 2.23. The monoisotopic (exact) mass is 360 g/mol. The maximum Gasteiger partial charge on any atom is 0.138 e. The van der Waals surface area contributed by atoms with E-state index < -0.39 is 0 Å². The molecule has 0 aliphatic rings. The van der Waals surface area contributed by atoms with Crippen LogP contribution in [0.25, 0.3) is 0 Å². The van der Waals surface area contributed by atoms with Gasteiger partial charge in [-0.05, 0) is 35.1 Å². The minimum absolute atomic E-state index is 0.248. The van der Waals surface area contributed by atoms with Crippen LogP contribution in [0, 0.1) is 9.39 Å². The van der Waals surface area contributed by atoms with E-state index in [4.69, 9.17) is 5.73 Å². The van der Waals surface area contributed by atoms with E-state index in [-0.39, 0.29) is 5.82 Å². The number of halogens is 2. The Morgan fingerprint density at radius 2 is 2.28 bits per heavy atom. The second-order valence-electron chi connectivity index (χ2n) is 3.93. The number of nitrogens with zero attached hydrogens (tertiary/aromatic N) is 2. The molecule has 0 atom stereocenters. The third kappa shape index (κ3) is 3.34. The van der Waals surface area contributed by atoms with Crippen molar-refractivity contribution in [3.63, 3.8) is 0 Å². The first-order valence-corrected chi connectivity index (χ1v) is 6.69. The van der Waals surface area contributed by atoms with E-state index in [1.807, 2.05) is 33.4 Å². The molecule has 1 aromatic heterocycles. The second-order valence-corrected chi connectivity index (χ2v) is 5.10. The lowest BCUT2D eigenvalue weighted by Crippen LogP contribution is -2.08.